The van der Waals surface area contributed by atoms with Crippen LogP contribution in [-0.4, -0.2) is 24.5 Å². The second-order valence-corrected chi connectivity index (χ2v) is 8.21. The summed E-state index contributed by atoms with van der Waals surface area (Å²) in [4.78, 5) is 29.6. The molecule has 0 bridgehead atoms. The molecule has 1 N–H and O–H groups in total. The van der Waals surface area contributed by atoms with Crippen molar-refractivity contribution in [3.8, 4) is 22.8 Å². The van der Waals surface area contributed by atoms with Crippen molar-refractivity contribution in [2.45, 2.75) is 13.8 Å². The first-order valence-corrected chi connectivity index (χ1v) is 10.9. The number of fused-ring (bicyclic) bond motifs is 2. The summed E-state index contributed by atoms with van der Waals surface area (Å²) in [6, 6.07) is 18.3. The Hall–Kier alpha value is -4.32. The third-order valence-corrected chi connectivity index (χ3v) is 6.05. The number of benzene rings is 3. The Bertz CT molecular complexity index is 1590. The fourth-order valence-electron chi connectivity index (χ4n) is 4.01. The molecule has 0 amide bonds. The van der Waals surface area contributed by atoms with Gasteiger partial charge in [0.05, 0.1) is 12.5 Å². The fourth-order valence-corrected chi connectivity index (χ4v) is 4.01. The zero-order valence-electron chi connectivity index (χ0n) is 19.1. The SMILES string of the molecule is COc1ccc(-c2oc3cc(C)c(C)cc3c(=O)c2OCC(=O)c2c[nH]c3ccccc23)cc1. The molecule has 0 saturated carbocycles. The molecule has 5 rings (SSSR count). The minimum atomic E-state index is -0.318. The molecule has 0 aliphatic rings. The Labute approximate surface area is 195 Å². The van der Waals surface area contributed by atoms with E-state index in [1.807, 2.05) is 44.2 Å². The number of para-hydroxylation sites is 1. The maximum Gasteiger partial charge on any atom is 0.235 e. The van der Waals surface area contributed by atoms with Crippen LogP contribution in [0.5, 0.6) is 11.5 Å². The summed E-state index contributed by atoms with van der Waals surface area (Å²) in [5.41, 5.74) is 4.15. The number of aromatic amines is 1. The quantitative estimate of drug-likeness (QED) is 0.327. The lowest BCUT2D eigenvalue weighted by molar-refractivity contribution is 0.0922. The molecule has 0 aliphatic heterocycles. The van der Waals surface area contributed by atoms with Gasteiger partial charge in [0.15, 0.2) is 12.4 Å². The Morgan fingerprint density at radius 3 is 2.47 bits per heavy atom. The summed E-state index contributed by atoms with van der Waals surface area (Å²) >= 11 is 0. The van der Waals surface area contributed by atoms with Gasteiger partial charge in [-0.1, -0.05) is 18.2 Å². The molecule has 34 heavy (non-hydrogen) atoms. The number of carbonyl (C=O) groups excluding carboxylic acids is 1. The lowest BCUT2D eigenvalue weighted by Crippen LogP contribution is -2.17. The third-order valence-electron chi connectivity index (χ3n) is 6.05. The van der Waals surface area contributed by atoms with Gasteiger partial charge >= 0.3 is 0 Å². The number of rotatable bonds is 6. The zero-order chi connectivity index (χ0) is 23.8. The predicted octanol–water partition coefficient (Wildman–Crippen LogP) is 5.83. The molecule has 3 aromatic carbocycles. The number of hydrogen-bond acceptors (Lipinski definition) is 5. The first kappa shape index (κ1) is 21.5. The summed E-state index contributed by atoms with van der Waals surface area (Å²) in [6.07, 6.45) is 1.66. The number of methoxy groups -OCH3 is 1. The smallest absolute Gasteiger partial charge is 0.235 e. The van der Waals surface area contributed by atoms with E-state index in [1.54, 1.807) is 43.6 Å². The van der Waals surface area contributed by atoms with Gasteiger partial charge in [-0.3, -0.25) is 9.59 Å². The molecule has 0 aliphatic carbocycles. The van der Waals surface area contributed by atoms with E-state index in [2.05, 4.69) is 4.98 Å². The van der Waals surface area contributed by atoms with Crippen LogP contribution in [0, 0.1) is 13.8 Å². The monoisotopic (exact) mass is 453 g/mol. The predicted molar refractivity (Wildman–Crippen MR) is 132 cm³/mol. The second-order valence-electron chi connectivity index (χ2n) is 8.21. The van der Waals surface area contributed by atoms with E-state index in [9.17, 15) is 9.59 Å². The summed E-state index contributed by atoms with van der Waals surface area (Å²) in [7, 11) is 1.58. The van der Waals surface area contributed by atoms with Gasteiger partial charge in [0.2, 0.25) is 17.0 Å². The van der Waals surface area contributed by atoms with Gasteiger partial charge in [0.25, 0.3) is 0 Å². The number of nitrogens with one attached hydrogen (secondary N) is 1. The van der Waals surface area contributed by atoms with Gasteiger partial charge in [0, 0.05) is 28.2 Å². The molecule has 6 nitrogen and oxygen atoms in total. The van der Waals surface area contributed by atoms with Crippen molar-refractivity contribution in [1.82, 2.24) is 4.98 Å². The molecule has 170 valence electrons. The highest BCUT2D eigenvalue weighted by molar-refractivity contribution is 6.08. The van der Waals surface area contributed by atoms with Gasteiger partial charge in [-0.05, 0) is 67.4 Å². The summed E-state index contributed by atoms with van der Waals surface area (Å²) in [6.45, 7) is 3.60. The number of ether oxygens (including phenoxy) is 2. The highest BCUT2D eigenvalue weighted by atomic mass is 16.5. The van der Waals surface area contributed by atoms with Crippen molar-refractivity contribution in [2.75, 3.05) is 13.7 Å². The number of aryl methyl sites for hydroxylation is 2. The van der Waals surface area contributed by atoms with Crippen molar-refractivity contribution >= 4 is 27.7 Å². The van der Waals surface area contributed by atoms with E-state index in [0.717, 1.165) is 22.0 Å². The third kappa shape index (κ3) is 3.73. The van der Waals surface area contributed by atoms with Crippen LogP contribution in [0.2, 0.25) is 0 Å². The van der Waals surface area contributed by atoms with Crippen LogP contribution in [0.4, 0.5) is 0 Å². The first-order valence-electron chi connectivity index (χ1n) is 10.9. The lowest BCUT2D eigenvalue weighted by atomic mass is 10.0. The molecule has 2 heterocycles. The van der Waals surface area contributed by atoms with Crippen LogP contribution < -0.4 is 14.9 Å². The maximum absolute atomic E-state index is 13.5. The van der Waals surface area contributed by atoms with E-state index in [0.29, 0.717) is 27.8 Å². The molecule has 0 unspecified atom stereocenters. The van der Waals surface area contributed by atoms with Crippen molar-refractivity contribution in [3.63, 3.8) is 0 Å². The van der Waals surface area contributed by atoms with E-state index in [-0.39, 0.29) is 29.3 Å². The average Bonchev–Trinajstić information content (AvgIpc) is 3.29. The van der Waals surface area contributed by atoms with Crippen LogP contribution in [-0.2, 0) is 0 Å². The summed E-state index contributed by atoms with van der Waals surface area (Å²) in [5.74, 6) is 0.720. The van der Waals surface area contributed by atoms with Gasteiger partial charge in [-0.25, -0.2) is 0 Å². The Balaban J connectivity index is 1.59. The van der Waals surface area contributed by atoms with Crippen molar-refractivity contribution < 1.29 is 18.7 Å². The normalized spacial score (nSPS) is 11.1. The molecular weight excluding hydrogens is 430 g/mol. The van der Waals surface area contributed by atoms with Gasteiger partial charge in [0.1, 0.15) is 11.3 Å². The Morgan fingerprint density at radius 1 is 0.971 bits per heavy atom. The van der Waals surface area contributed by atoms with Crippen LogP contribution in [0.15, 0.2) is 76.1 Å². The van der Waals surface area contributed by atoms with Crippen molar-refractivity contribution in [3.05, 3.63) is 93.8 Å². The van der Waals surface area contributed by atoms with Crippen LogP contribution in [0.25, 0.3) is 33.2 Å². The molecule has 6 heteroatoms. The summed E-state index contributed by atoms with van der Waals surface area (Å²) < 4.78 is 17.3. The molecule has 5 aromatic rings. The van der Waals surface area contributed by atoms with E-state index in [1.165, 1.54) is 0 Å². The largest absolute Gasteiger partial charge is 0.497 e. The molecule has 0 atom stereocenters. The first-order chi connectivity index (χ1) is 16.5. The minimum absolute atomic E-state index is 0.00844. The number of hydrogen-bond donors (Lipinski definition) is 1. The molecule has 2 aromatic heterocycles. The van der Waals surface area contributed by atoms with E-state index >= 15 is 0 Å². The molecular formula is C28H23NO5. The zero-order valence-corrected chi connectivity index (χ0v) is 19.1. The van der Waals surface area contributed by atoms with Crippen LogP contribution in [0.3, 0.4) is 0 Å². The van der Waals surface area contributed by atoms with Crippen molar-refractivity contribution in [2.24, 2.45) is 0 Å². The number of H-pyrrole nitrogens is 1. The lowest BCUT2D eigenvalue weighted by Gasteiger charge is -2.13. The summed E-state index contributed by atoms with van der Waals surface area (Å²) in [5, 5.41) is 1.22. The molecule has 0 spiro atoms. The molecule has 0 radical (unpaired) electrons. The topological polar surface area (TPSA) is 81.5 Å². The highest BCUT2D eigenvalue weighted by Gasteiger charge is 2.21. The fraction of sp³-hybridized carbons (Fsp3) is 0.143. The standard InChI is InChI=1S/C28H23NO5/c1-16-12-21-25(13-17(16)2)34-27(18-8-10-19(32-3)11-9-18)28(26(21)31)33-15-24(30)22-14-29-23-7-5-4-6-20(22)23/h4-14,29H,15H2,1-3H3. The van der Waals surface area contributed by atoms with Crippen molar-refractivity contribution in [1.29, 1.82) is 0 Å². The Morgan fingerprint density at radius 2 is 1.71 bits per heavy atom. The molecule has 0 fully saturated rings. The number of carbonyl (C=O) groups is 1. The van der Waals surface area contributed by atoms with Gasteiger partial charge in [-0.15, -0.1) is 0 Å². The molecule has 0 saturated heterocycles. The number of ketones is 1. The van der Waals surface area contributed by atoms with Gasteiger partial charge in [-0.2, -0.15) is 0 Å². The van der Waals surface area contributed by atoms with Crippen LogP contribution in [0.1, 0.15) is 21.5 Å². The van der Waals surface area contributed by atoms with Gasteiger partial charge < -0.3 is 18.9 Å². The number of aromatic nitrogens is 1. The van der Waals surface area contributed by atoms with Crippen LogP contribution >= 0.6 is 0 Å². The van der Waals surface area contributed by atoms with E-state index < -0.39 is 0 Å². The Kier molecular flexibility index (Phi) is 5.42. The maximum atomic E-state index is 13.5. The highest BCUT2D eigenvalue weighted by Crippen LogP contribution is 2.33. The average molecular weight is 453 g/mol. The van der Waals surface area contributed by atoms with E-state index in [4.69, 9.17) is 13.9 Å². The minimum Gasteiger partial charge on any atom is -0.497 e. The second kappa shape index (κ2) is 8.56. The number of Topliss-reactive ketones (excluding diaryl/α,β-unsaturated/α-hetero) is 1.